The second-order valence-electron chi connectivity index (χ2n) is 7.16. The van der Waals surface area contributed by atoms with E-state index in [-0.39, 0.29) is 0 Å². The molecule has 0 aromatic heterocycles. The van der Waals surface area contributed by atoms with Crippen molar-refractivity contribution in [1.82, 2.24) is 0 Å². The molecule has 1 rings (SSSR count). The second kappa shape index (κ2) is 9.85. The fourth-order valence-corrected chi connectivity index (χ4v) is 10.5. The van der Waals surface area contributed by atoms with E-state index in [2.05, 4.69) is 51.6 Å². The summed E-state index contributed by atoms with van der Waals surface area (Å²) in [5.74, 6) is -2.17. The number of rotatable bonds is 12. The summed E-state index contributed by atoms with van der Waals surface area (Å²) < 4.78 is 0. The Hall–Kier alpha value is -0.320. The zero-order chi connectivity index (χ0) is 17.2. The van der Waals surface area contributed by atoms with E-state index in [0.29, 0.717) is 0 Å². The second-order valence-corrected chi connectivity index (χ2v) is 15.3. The van der Waals surface area contributed by atoms with Crippen molar-refractivity contribution in [3.8, 4) is 0 Å². The van der Waals surface area contributed by atoms with Crippen LogP contribution in [0, 0.1) is 0 Å². The molecule has 0 heterocycles. The molecular formula is C21H36ClP. The van der Waals surface area contributed by atoms with Crippen LogP contribution in [0.15, 0.2) is 30.8 Å². The predicted octanol–water partition coefficient (Wildman–Crippen LogP) is 7.94. The van der Waals surface area contributed by atoms with E-state index in [0.717, 1.165) is 6.16 Å². The van der Waals surface area contributed by atoms with E-state index in [1.54, 1.807) is 0 Å². The van der Waals surface area contributed by atoms with Crippen molar-refractivity contribution in [1.29, 1.82) is 0 Å². The molecule has 1 aromatic rings. The van der Waals surface area contributed by atoms with Gasteiger partial charge in [0, 0.05) is 0 Å². The van der Waals surface area contributed by atoms with Crippen molar-refractivity contribution in [2.24, 2.45) is 0 Å². The van der Waals surface area contributed by atoms with Gasteiger partial charge >= 0.3 is 149 Å². The van der Waals surface area contributed by atoms with E-state index in [4.69, 9.17) is 11.2 Å². The Morgan fingerprint density at radius 3 is 1.65 bits per heavy atom. The van der Waals surface area contributed by atoms with Crippen LogP contribution in [0.1, 0.15) is 70.4 Å². The van der Waals surface area contributed by atoms with Gasteiger partial charge in [0.15, 0.2) is 0 Å². The van der Waals surface area contributed by atoms with Crippen molar-refractivity contribution in [2.45, 2.75) is 65.5 Å². The molecular weight excluding hydrogens is 319 g/mol. The van der Waals surface area contributed by atoms with Gasteiger partial charge in [-0.1, -0.05) is 0 Å². The zero-order valence-electron chi connectivity index (χ0n) is 15.5. The molecule has 23 heavy (non-hydrogen) atoms. The van der Waals surface area contributed by atoms with E-state index < -0.39 is 5.96 Å². The minimum absolute atomic E-state index is 1.12. The normalized spacial score (nSPS) is 13.5. The number of hydrogen-bond donors (Lipinski definition) is 0. The summed E-state index contributed by atoms with van der Waals surface area (Å²) in [5.41, 5.74) is 2.62. The summed E-state index contributed by atoms with van der Waals surface area (Å²) >= 11 is 7.65. The average Bonchev–Trinajstić information content (AvgIpc) is 2.58. The molecule has 0 bridgehead atoms. The quantitative estimate of drug-likeness (QED) is 0.334. The molecule has 0 unspecified atom stereocenters. The fraction of sp³-hybridized carbons (Fsp3) is 0.619. The van der Waals surface area contributed by atoms with Gasteiger partial charge in [-0.25, -0.2) is 0 Å². The molecule has 0 aliphatic carbocycles. The summed E-state index contributed by atoms with van der Waals surface area (Å²) in [6, 6.07) is 8.90. The summed E-state index contributed by atoms with van der Waals surface area (Å²) in [7, 11) is 0. The first-order valence-corrected chi connectivity index (χ1v) is 13.3. The van der Waals surface area contributed by atoms with Gasteiger partial charge in [0.05, 0.1) is 0 Å². The van der Waals surface area contributed by atoms with Crippen LogP contribution in [0.4, 0.5) is 0 Å². The van der Waals surface area contributed by atoms with Crippen molar-refractivity contribution in [3.05, 3.63) is 42.0 Å². The Kier molecular flexibility index (Phi) is 8.88. The molecule has 0 nitrogen and oxygen atoms in total. The first-order valence-electron chi connectivity index (χ1n) is 9.43. The Morgan fingerprint density at radius 1 is 0.870 bits per heavy atom. The first-order chi connectivity index (χ1) is 11.0. The van der Waals surface area contributed by atoms with Crippen molar-refractivity contribution in [2.75, 3.05) is 18.5 Å². The first kappa shape index (κ1) is 20.7. The standard InChI is InChI=1S/C21H36ClP/c1-5-9-16-23(22,17-10-6-2,18-11-7-3)19-21-14-12-20(8-4)13-15-21/h8,12-15H,4-7,9-11,16-19H2,1-3H3. The van der Waals surface area contributed by atoms with Gasteiger partial charge < -0.3 is 0 Å². The molecule has 0 saturated heterocycles. The van der Waals surface area contributed by atoms with Crippen LogP contribution in [0.3, 0.4) is 0 Å². The molecule has 0 aliphatic heterocycles. The molecule has 0 spiro atoms. The van der Waals surface area contributed by atoms with Gasteiger partial charge in [-0.15, -0.1) is 0 Å². The topological polar surface area (TPSA) is 0 Å². The predicted molar refractivity (Wildman–Crippen MR) is 112 cm³/mol. The molecule has 1 aromatic carbocycles. The zero-order valence-corrected chi connectivity index (χ0v) is 17.1. The molecule has 0 fully saturated rings. The molecule has 132 valence electrons. The average molecular weight is 355 g/mol. The fourth-order valence-electron chi connectivity index (χ4n) is 3.45. The SMILES string of the molecule is C=Cc1ccc(CP(Cl)(CCCC)(CCCC)CCCC)cc1. The number of unbranched alkanes of at least 4 members (excludes halogenated alkanes) is 3. The van der Waals surface area contributed by atoms with Gasteiger partial charge in [0.2, 0.25) is 0 Å². The summed E-state index contributed by atoms with van der Waals surface area (Å²) in [6.45, 7) is 10.7. The van der Waals surface area contributed by atoms with E-state index in [1.165, 1.54) is 68.1 Å². The molecule has 0 saturated carbocycles. The van der Waals surface area contributed by atoms with Crippen LogP contribution in [-0.4, -0.2) is 18.5 Å². The van der Waals surface area contributed by atoms with Gasteiger partial charge in [-0.2, -0.15) is 0 Å². The Balaban J connectivity index is 3.07. The number of benzene rings is 1. The maximum atomic E-state index is 7.65. The number of halogens is 1. The van der Waals surface area contributed by atoms with Crippen LogP contribution in [-0.2, 0) is 6.16 Å². The molecule has 0 amide bonds. The third-order valence-electron chi connectivity index (χ3n) is 5.00. The minimum atomic E-state index is -2.17. The van der Waals surface area contributed by atoms with Gasteiger partial charge in [-0.05, 0) is 0 Å². The van der Waals surface area contributed by atoms with Crippen LogP contribution in [0.2, 0.25) is 0 Å². The monoisotopic (exact) mass is 354 g/mol. The van der Waals surface area contributed by atoms with Crippen molar-refractivity contribution < 1.29 is 0 Å². The molecule has 2 heteroatoms. The maximum absolute atomic E-state index is 7.65. The van der Waals surface area contributed by atoms with E-state index in [9.17, 15) is 0 Å². The molecule has 0 N–H and O–H groups in total. The summed E-state index contributed by atoms with van der Waals surface area (Å²) in [4.78, 5) is 0. The van der Waals surface area contributed by atoms with Gasteiger partial charge in [-0.3, -0.25) is 0 Å². The number of hydrogen-bond acceptors (Lipinski definition) is 0. The van der Waals surface area contributed by atoms with Crippen LogP contribution >= 0.6 is 17.2 Å². The third kappa shape index (κ3) is 6.60. The van der Waals surface area contributed by atoms with Crippen LogP contribution in [0.25, 0.3) is 6.08 Å². The van der Waals surface area contributed by atoms with Crippen molar-refractivity contribution in [3.63, 3.8) is 0 Å². The Labute approximate surface area is 149 Å². The van der Waals surface area contributed by atoms with Crippen LogP contribution < -0.4 is 0 Å². The Morgan fingerprint density at radius 2 is 1.30 bits per heavy atom. The van der Waals surface area contributed by atoms with Crippen molar-refractivity contribution >= 4 is 23.3 Å². The van der Waals surface area contributed by atoms with Crippen LogP contribution in [0.5, 0.6) is 0 Å². The molecule has 0 aliphatic rings. The van der Waals surface area contributed by atoms with E-state index >= 15 is 0 Å². The summed E-state index contributed by atoms with van der Waals surface area (Å²) in [5, 5.41) is 0. The van der Waals surface area contributed by atoms with E-state index in [1.807, 2.05) is 6.08 Å². The van der Waals surface area contributed by atoms with Gasteiger partial charge in [0.25, 0.3) is 0 Å². The molecule has 0 atom stereocenters. The molecule has 0 radical (unpaired) electrons. The Bertz CT molecular complexity index is 439. The summed E-state index contributed by atoms with van der Waals surface area (Å²) in [6.07, 6.45) is 14.4. The van der Waals surface area contributed by atoms with Gasteiger partial charge in [0.1, 0.15) is 0 Å². The third-order valence-corrected chi connectivity index (χ3v) is 12.3.